The van der Waals surface area contributed by atoms with Gasteiger partial charge in [0.05, 0.1) is 13.7 Å². The first-order valence-electron chi connectivity index (χ1n) is 7.14. The van der Waals surface area contributed by atoms with E-state index in [0.717, 1.165) is 11.4 Å². The van der Waals surface area contributed by atoms with Gasteiger partial charge < -0.3 is 15.8 Å². The Morgan fingerprint density at radius 2 is 2.00 bits per heavy atom. The zero-order valence-electron chi connectivity index (χ0n) is 13.9. The third kappa shape index (κ3) is 6.13. The minimum absolute atomic E-state index is 0. The summed E-state index contributed by atoms with van der Waals surface area (Å²) in [4.78, 5) is 4.15. The minimum Gasteiger partial charge on any atom is -0.497 e. The van der Waals surface area contributed by atoms with Gasteiger partial charge in [-0.3, -0.25) is 4.99 Å². The molecule has 0 unspecified atom stereocenters. The summed E-state index contributed by atoms with van der Waals surface area (Å²) in [5.74, 6) is 0.971. The number of sulfonamides is 1. The van der Waals surface area contributed by atoms with Gasteiger partial charge in [0.1, 0.15) is 9.96 Å². The third-order valence-electron chi connectivity index (χ3n) is 3.22. The first-order valence-corrected chi connectivity index (χ1v) is 9.46. The summed E-state index contributed by atoms with van der Waals surface area (Å²) in [5, 5.41) is 4.67. The summed E-state index contributed by atoms with van der Waals surface area (Å²) >= 11 is 1.19. The Bertz CT molecular complexity index is 778. The molecule has 3 N–H and O–H groups in total. The second-order valence-electron chi connectivity index (χ2n) is 4.88. The van der Waals surface area contributed by atoms with Gasteiger partial charge in [-0.15, -0.1) is 35.3 Å². The van der Waals surface area contributed by atoms with Crippen molar-refractivity contribution < 1.29 is 13.2 Å². The summed E-state index contributed by atoms with van der Waals surface area (Å²) in [6, 6.07) is 10.5. The molecule has 0 amide bonds. The van der Waals surface area contributed by atoms with E-state index in [9.17, 15) is 8.42 Å². The van der Waals surface area contributed by atoms with Crippen LogP contribution in [-0.4, -0.2) is 45.9 Å². The van der Waals surface area contributed by atoms with Crippen molar-refractivity contribution in [3.63, 3.8) is 0 Å². The molecule has 0 atom stereocenters. The Hall–Kier alpha value is -1.37. The molecule has 10 heteroatoms. The first-order chi connectivity index (χ1) is 11.4. The molecule has 0 aliphatic carbocycles. The van der Waals surface area contributed by atoms with Crippen LogP contribution in [0.1, 0.15) is 0 Å². The zero-order chi connectivity index (χ0) is 17.6. The van der Waals surface area contributed by atoms with Crippen LogP contribution in [0.4, 0.5) is 5.69 Å². The van der Waals surface area contributed by atoms with Gasteiger partial charge in [0.2, 0.25) is 0 Å². The Balaban J connectivity index is 0.00000312. The lowest BCUT2D eigenvalue weighted by Gasteiger charge is -2.14. The summed E-state index contributed by atoms with van der Waals surface area (Å²) in [6.45, 7) is 0.501. The van der Waals surface area contributed by atoms with Gasteiger partial charge in [0, 0.05) is 19.3 Å². The van der Waals surface area contributed by atoms with E-state index >= 15 is 0 Å². The van der Waals surface area contributed by atoms with E-state index in [1.54, 1.807) is 36.8 Å². The number of anilines is 1. The average molecular weight is 496 g/mol. The highest BCUT2D eigenvalue weighted by molar-refractivity contribution is 14.0. The van der Waals surface area contributed by atoms with Crippen molar-refractivity contribution in [3.8, 4) is 5.75 Å². The molecule has 0 saturated carbocycles. The number of rotatable bonds is 7. The molecule has 0 saturated heterocycles. The fourth-order valence-electron chi connectivity index (χ4n) is 1.86. The third-order valence-corrected chi connectivity index (χ3v) is 6.45. The van der Waals surface area contributed by atoms with E-state index in [0.29, 0.717) is 4.21 Å². The molecule has 7 nitrogen and oxygen atoms in total. The van der Waals surface area contributed by atoms with Crippen LogP contribution in [-0.2, 0) is 10.0 Å². The Kier molecular flexibility index (Phi) is 8.62. The van der Waals surface area contributed by atoms with Gasteiger partial charge in [-0.05, 0) is 35.7 Å². The minimum atomic E-state index is -3.45. The van der Waals surface area contributed by atoms with E-state index in [1.807, 2.05) is 12.1 Å². The van der Waals surface area contributed by atoms with Gasteiger partial charge in [-0.25, -0.2) is 8.42 Å². The van der Waals surface area contributed by atoms with Crippen molar-refractivity contribution in [2.24, 2.45) is 10.7 Å². The van der Waals surface area contributed by atoms with E-state index in [-0.39, 0.29) is 43.0 Å². The molecule has 0 radical (unpaired) electrons. The number of nitrogens with zero attached hydrogens (tertiary/aromatic N) is 2. The molecule has 2 aromatic rings. The van der Waals surface area contributed by atoms with Crippen molar-refractivity contribution >= 4 is 57.0 Å². The quantitative estimate of drug-likeness (QED) is 0.349. The highest BCUT2D eigenvalue weighted by atomic mass is 127. The zero-order valence-corrected chi connectivity index (χ0v) is 17.8. The SMILES string of the molecule is COc1ccc(NC(N)=NCCN(C)S(=O)(=O)c2cccs2)cc1.I. The largest absolute Gasteiger partial charge is 0.497 e. The number of benzene rings is 1. The molecular formula is C15H21IN4O3S2. The van der Waals surface area contributed by atoms with Crippen LogP contribution in [0, 0.1) is 0 Å². The van der Waals surface area contributed by atoms with Crippen LogP contribution in [0.3, 0.4) is 0 Å². The lowest BCUT2D eigenvalue weighted by atomic mass is 10.3. The predicted molar refractivity (Wildman–Crippen MR) is 113 cm³/mol. The summed E-state index contributed by atoms with van der Waals surface area (Å²) in [6.07, 6.45) is 0. The molecule has 138 valence electrons. The fraction of sp³-hybridized carbons (Fsp3) is 0.267. The van der Waals surface area contributed by atoms with E-state index in [1.165, 1.54) is 22.7 Å². The molecule has 2 rings (SSSR count). The van der Waals surface area contributed by atoms with Crippen LogP contribution in [0.25, 0.3) is 0 Å². The Morgan fingerprint density at radius 1 is 1.32 bits per heavy atom. The molecule has 0 fully saturated rings. The molecule has 0 aliphatic rings. The molecule has 0 bridgehead atoms. The van der Waals surface area contributed by atoms with Crippen LogP contribution in [0.2, 0.25) is 0 Å². The molecular weight excluding hydrogens is 475 g/mol. The lowest BCUT2D eigenvalue weighted by molar-refractivity contribution is 0.415. The molecule has 1 heterocycles. The maximum Gasteiger partial charge on any atom is 0.252 e. The van der Waals surface area contributed by atoms with E-state index in [4.69, 9.17) is 10.5 Å². The number of aliphatic imine (C=N–C) groups is 1. The van der Waals surface area contributed by atoms with E-state index < -0.39 is 10.0 Å². The van der Waals surface area contributed by atoms with Gasteiger partial charge in [0.25, 0.3) is 10.0 Å². The van der Waals surface area contributed by atoms with Gasteiger partial charge in [-0.1, -0.05) is 6.07 Å². The smallest absolute Gasteiger partial charge is 0.252 e. The number of hydrogen-bond acceptors (Lipinski definition) is 5. The van der Waals surface area contributed by atoms with Gasteiger partial charge in [-0.2, -0.15) is 4.31 Å². The number of likely N-dealkylation sites (N-methyl/N-ethyl adjacent to an activating group) is 1. The number of guanidine groups is 1. The lowest BCUT2D eigenvalue weighted by Crippen LogP contribution is -2.30. The standard InChI is InChI=1S/C15H20N4O3S2.HI/c1-19(24(20,21)14-4-3-11-23-14)10-9-17-15(16)18-12-5-7-13(22-2)8-6-12;/h3-8,11H,9-10H2,1-2H3,(H3,16,17,18);1H. The number of nitrogens with one attached hydrogen (secondary N) is 1. The van der Waals surface area contributed by atoms with Crippen LogP contribution < -0.4 is 15.8 Å². The topological polar surface area (TPSA) is 97.0 Å². The van der Waals surface area contributed by atoms with Crippen molar-refractivity contribution in [1.82, 2.24) is 4.31 Å². The highest BCUT2D eigenvalue weighted by Gasteiger charge is 2.20. The van der Waals surface area contributed by atoms with Crippen molar-refractivity contribution in [1.29, 1.82) is 0 Å². The fourth-order valence-corrected chi connectivity index (χ4v) is 4.22. The summed E-state index contributed by atoms with van der Waals surface area (Å²) < 4.78 is 31.2. The molecule has 1 aromatic heterocycles. The van der Waals surface area contributed by atoms with Crippen LogP contribution in [0.15, 0.2) is 51.0 Å². The van der Waals surface area contributed by atoms with Gasteiger partial charge >= 0.3 is 0 Å². The van der Waals surface area contributed by atoms with Crippen molar-refractivity contribution in [3.05, 3.63) is 41.8 Å². The van der Waals surface area contributed by atoms with Crippen molar-refractivity contribution in [2.45, 2.75) is 4.21 Å². The number of nitrogens with two attached hydrogens (primary N) is 1. The second kappa shape index (κ2) is 9.94. The number of ether oxygens (including phenoxy) is 1. The Morgan fingerprint density at radius 3 is 2.56 bits per heavy atom. The predicted octanol–water partition coefficient (Wildman–Crippen LogP) is 2.42. The van der Waals surface area contributed by atoms with Crippen LogP contribution >= 0.6 is 35.3 Å². The average Bonchev–Trinajstić information content (AvgIpc) is 3.10. The van der Waals surface area contributed by atoms with Gasteiger partial charge in [0.15, 0.2) is 5.96 Å². The number of thiophene rings is 1. The molecule has 25 heavy (non-hydrogen) atoms. The van der Waals surface area contributed by atoms with Crippen LogP contribution in [0.5, 0.6) is 5.75 Å². The molecule has 1 aromatic carbocycles. The maximum absolute atomic E-state index is 12.2. The monoisotopic (exact) mass is 496 g/mol. The molecule has 0 aliphatic heterocycles. The normalized spacial score (nSPS) is 11.9. The Labute approximate surface area is 169 Å². The maximum atomic E-state index is 12.2. The number of hydrogen-bond donors (Lipinski definition) is 2. The summed E-state index contributed by atoms with van der Waals surface area (Å²) in [7, 11) is -0.331. The van der Waals surface area contributed by atoms with Crippen molar-refractivity contribution in [2.75, 3.05) is 32.6 Å². The first kappa shape index (κ1) is 21.7. The van der Waals surface area contributed by atoms with E-state index in [2.05, 4.69) is 10.3 Å². The second-order valence-corrected chi connectivity index (χ2v) is 8.10. The molecule has 0 spiro atoms. The highest BCUT2D eigenvalue weighted by Crippen LogP contribution is 2.19. The number of methoxy groups -OCH3 is 1. The summed E-state index contributed by atoms with van der Waals surface area (Å²) in [5.41, 5.74) is 6.58. The number of halogens is 1.